The SMILES string of the molecule is Cc1ccc(S(=O)(=O)Oc2ccc(C=Nc3ccc([C@@H]4Nc5ccc(C)cc5[C@H]5C=CC[C@H]54)cc3)cc2)cc1. The number of aliphatic imine (C=N–C) groups is 1. The van der Waals surface area contributed by atoms with Gasteiger partial charge in [-0.25, -0.2) is 0 Å². The fraction of sp³-hybridized carbons (Fsp3) is 0.182. The first-order chi connectivity index (χ1) is 18.9. The first kappa shape index (κ1) is 25.1. The molecular formula is C33H30N2O3S. The summed E-state index contributed by atoms with van der Waals surface area (Å²) in [4.78, 5) is 4.75. The third kappa shape index (κ3) is 5.25. The van der Waals surface area contributed by atoms with E-state index in [9.17, 15) is 8.42 Å². The number of fused-ring (bicyclic) bond motifs is 3. The third-order valence-corrected chi connectivity index (χ3v) is 8.79. The van der Waals surface area contributed by atoms with E-state index in [1.807, 2.05) is 19.1 Å². The average molecular weight is 535 g/mol. The van der Waals surface area contributed by atoms with Gasteiger partial charge in [-0.3, -0.25) is 4.99 Å². The second-order valence-electron chi connectivity index (χ2n) is 10.3. The van der Waals surface area contributed by atoms with E-state index in [1.54, 1.807) is 54.7 Å². The number of rotatable bonds is 6. The molecule has 6 heteroatoms. The van der Waals surface area contributed by atoms with Crippen molar-refractivity contribution in [2.75, 3.05) is 5.32 Å². The van der Waals surface area contributed by atoms with E-state index in [-0.39, 0.29) is 16.7 Å². The highest BCUT2D eigenvalue weighted by molar-refractivity contribution is 7.87. The van der Waals surface area contributed by atoms with Gasteiger partial charge in [0, 0.05) is 17.8 Å². The molecule has 1 heterocycles. The normalized spacial score (nSPS) is 19.9. The standard InChI is InChI=1S/C33H30N2O3S/c1-22-6-17-28(18-7-22)39(36,37)38-27-15-9-24(10-16-27)21-34-26-13-11-25(12-14-26)33-30-5-3-4-29(30)31-20-23(2)8-19-32(31)35-33/h3-4,6-21,29-30,33,35H,5H2,1-2H3/t29-,30+,33-/m0/s1. The maximum atomic E-state index is 12.5. The Bertz CT molecular complexity index is 1660. The summed E-state index contributed by atoms with van der Waals surface area (Å²) in [6, 6.07) is 28.8. The van der Waals surface area contributed by atoms with Crippen LogP contribution < -0.4 is 9.50 Å². The zero-order chi connectivity index (χ0) is 27.0. The van der Waals surface area contributed by atoms with Crippen molar-refractivity contribution in [1.82, 2.24) is 0 Å². The first-order valence-corrected chi connectivity index (χ1v) is 14.6. The number of nitrogens with one attached hydrogen (secondary N) is 1. The lowest BCUT2D eigenvalue weighted by Crippen LogP contribution is -2.29. The Hall–Kier alpha value is -4.16. The minimum Gasteiger partial charge on any atom is -0.379 e. The molecule has 1 N–H and O–H groups in total. The van der Waals surface area contributed by atoms with Crippen molar-refractivity contribution in [1.29, 1.82) is 0 Å². The number of aryl methyl sites for hydroxylation is 2. The molecule has 2 aliphatic rings. The first-order valence-electron chi connectivity index (χ1n) is 13.1. The van der Waals surface area contributed by atoms with Crippen LogP contribution in [-0.4, -0.2) is 14.6 Å². The van der Waals surface area contributed by atoms with Gasteiger partial charge in [-0.05, 0) is 97.5 Å². The summed E-state index contributed by atoms with van der Waals surface area (Å²) >= 11 is 0. The van der Waals surface area contributed by atoms with Crippen LogP contribution in [-0.2, 0) is 10.1 Å². The molecule has 4 aromatic rings. The molecule has 6 rings (SSSR count). The lowest BCUT2D eigenvalue weighted by Gasteiger charge is -2.37. The van der Waals surface area contributed by atoms with E-state index in [4.69, 9.17) is 4.18 Å². The molecule has 0 unspecified atom stereocenters. The fourth-order valence-electron chi connectivity index (χ4n) is 5.45. The molecule has 0 fully saturated rings. The maximum Gasteiger partial charge on any atom is 0.339 e. The average Bonchev–Trinajstić information content (AvgIpc) is 3.43. The number of hydrogen-bond acceptors (Lipinski definition) is 5. The van der Waals surface area contributed by atoms with Gasteiger partial charge in [0.2, 0.25) is 0 Å². The van der Waals surface area contributed by atoms with E-state index in [0.717, 1.165) is 23.2 Å². The molecule has 4 aromatic carbocycles. The fourth-order valence-corrected chi connectivity index (χ4v) is 6.38. The second-order valence-corrected chi connectivity index (χ2v) is 11.9. The van der Waals surface area contributed by atoms with Crippen LogP contribution >= 0.6 is 0 Å². The molecule has 3 atom stereocenters. The monoisotopic (exact) mass is 534 g/mol. The molecule has 0 radical (unpaired) electrons. The lowest BCUT2D eigenvalue weighted by molar-refractivity contribution is 0.425. The van der Waals surface area contributed by atoms with Gasteiger partial charge in [0.1, 0.15) is 10.6 Å². The Balaban J connectivity index is 1.13. The van der Waals surface area contributed by atoms with Crippen LogP contribution in [0.3, 0.4) is 0 Å². The Morgan fingerprint density at radius 2 is 1.59 bits per heavy atom. The molecule has 1 aliphatic carbocycles. The highest BCUT2D eigenvalue weighted by Crippen LogP contribution is 2.50. The number of hydrogen-bond donors (Lipinski definition) is 1. The zero-order valence-electron chi connectivity index (χ0n) is 21.9. The Labute approximate surface area is 230 Å². The van der Waals surface area contributed by atoms with Crippen molar-refractivity contribution in [2.45, 2.75) is 37.1 Å². The Morgan fingerprint density at radius 3 is 2.33 bits per heavy atom. The van der Waals surface area contributed by atoms with E-state index < -0.39 is 10.1 Å². The molecule has 0 bridgehead atoms. The summed E-state index contributed by atoms with van der Waals surface area (Å²) in [7, 11) is -3.88. The molecule has 1 aliphatic heterocycles. The van der Waals surface area contributed by atoms with Gasteiger partial charge in [0.15, 0.2) is 0 Å². The molecule has 0 amide bonds. The highest BCUT2D eigenvalue weighted by atomic mass is 32.2. The van der Waals surface area contributed by atoms with Gasteiger partial charge in [-0.2, -0.15) is 8.42 Å². The largest absolute Gasteiger partial charge is 0.379 e. The van der Waals surface area contributed by atoms with Crippen molar-refractivity contribution in [3.8, 4) is 5.75 Å². The second kappa shape index (κ2) is 10.2. The molecule has 0 aromatic heterocycles. The summed E-state index contributed by atoms with van der Waals surface area (Å²) in [5, 5.41) is 3.79. The summed E-state index contributed by atoms with van der Waals surface area (Å²) < 4.78 is 30.3. The van der Waals surface area contributed by atoms with Crippen LogP contribution in [0.2, 0.25) is 0 Å². The van der Waals surface area contributed by atoms with Crippen molar-refractivity contribution in [2.24, 2.45) is 10.9 Å². The number of benzene rings is 4. The molecule has 5 nitrogen and oxygen atoms in total. The smallest absolute Gasteiger partial charge is 0.339 e. The molecule has 0 saturated carbocycles. The summed E-state index contributed by atoms with van der Waals surface area (Å²) in [5.74, 6) is 1.21. The van der Waals surface area contributed by atoms with Crippen LogP contribution in [0.1, 0.15) is 46.2 Å². The molecule has 0 saturated heterocycles. The van der Waals surface area contributed by atoms with Gasteiger partial charge in [0.25, 0.3) is 0 Å². The summed E-state index contributed by atoms with van der Waals surface area (Å²) in [6.07, 6.45) is 7.52. The van der Waals surface area contributed by atoms with Crippen LogP contribution in [0.4, 0.5) is 11.4 Å². The molecule has 39 heavy (non-hydrogen) atoms. The van der Waals surface area contributed by atoms with Crippen molar-refractivity contribution < 1.29 is 12.6 Å². The number of allylic oxidation sites excluding steroid dienone is 2. The van der Waals surface area contributed by atoms with Gasteiger partial charge in [0.05, 0.1) is 11.7 Å². The minimum absolute atomic E-state index is 0.129. The van der Waals surface area contributed by atoms with E-state index in [1.165, 1.54) is 22.4 Å². The number of anilines is 1. The van der Waals surface area contributed by atoms with E-state index in [2.05, 4.69) is 59.7 Å². The predicted octanol–water partition coefficient (Wildman–Crippen LogP) is 7.65. The van der Waals surface area contributed by atoms with Crippen LogP contribution in [0, 0.1) is 19.8 Å². The lowest BCUT2D eigenvalue weighted by atomic mass is 9.76. The third-order valence-electron chi connectivity index (χ3n) is 7.53. The topological polar surface area (TPSA) is 67.8 Å². The molecule has 196 valence electrons. The van der Waals surface area contributed by atoms with Crippen LogP contribution in [0.5, 0.6) is 5.75 Å². The molecular weight excluding hydrogens is 504 g/mol. The summed E-state index contributed by atoms with van der Waals surface area (Å²) in [5.41, 5.74) is 7.86. The molecule has 0 spiro atoms. The van der Waals surface area contributed by atoms with Crippen molar-refractivity contribution >= 4 is 27.7 Å². The van der Waals surface area contributed by atoms with Gasteiger partial charge < -0.3 is 9.50 Å². The van der Waals surface area contributed by atoms with Crippen LogP contribution in [0.15, 0.2) is 113 Å². The Morgan fingerprint density at radius 1 is 0.872 bits per heavy atom. The maximum absolute atomic E-state index is 12.5. The number of nitrogens with zero attached hydrogens (tertiary/aromatic N) is 1. The van der Waals surface area contributed by atoms with Crippen molar-refractivity contribution in [3.63, 3.8) is 0 Å². The zero-order valence-corrected chi connectivity index (χ0v) is 22.7. The van der Waals surface area contributed by atoms with E-state index >= 15 is 0 Å². The summed E-state index contributed by atoms with van der Waals surface area (Å²) in [6.45, 7) is 4.06. The Kier molecular flexibility index (Phi) is 6.57. The van der Waals surface area contributed by atoms with Crippen molar-refractivity contribution in [3.05, 3.63) is 131 Å². The van der Waals surface area contributed by atoms with Gasteiger partial charge in [-0.15, -0.1) is 0 Å². The van der Waals surface area contributed by atoms with E-state index in [0.29, 0.717) is 11.8 Å². The quantitative estimate of drug-likeness (QED) is 0.157. The van der Waals surface area contributed by atoms with Gasteiger partial charge >= 0.3 is 10.1 Å². The van der Waals surface area contributed by atoms with Gasteiger partial charge in [-0.1, -0.05) is 59.7 Å². The minimum atomic E-state index is -3.88. The highest BCUT2D eigenvalue weighted by Gasteiger charge is 2.37. The van der Waals surface area contributed by atoms with Crippen LogP contribution in [0.25, 0.3) is 0 Å². The predicted molar refractivity (Wildman–Crippen MR) is 157 cm³/mol.